The normalized spacial score (nSPS) is 10.6. The zero-order chi connectivity index (χ0) is 18.4. The molecule has 1 N–H and O–H groups in total. The third-order valence-electron chi connectivity index (χ3n) is 3.77. The van der Waals surface area contributed by atoms with Gasteiger partial charge in [-0.2, -0.15) is 5.26 Å². The third-order valence-corrected chi connectivity index (χ3v) is 4.75. The van der Waals surface area contributed by atoms with Crippen molar-refractivity contribution in [2.75, 3.05) is 24.8 Å². The summed E-state index contributed by atoms with van der Waals surface area (Å²) in [5, 5.41) is 12.4. The van der Waals surface area contributed by atoms with Gasteiger partial charge in [-0.05, 0) is 36.4 Å². The molecule has 0 aliphatic carbocycles. The van der Waals surface area contributed by atoms with Crippen LogP contribution in [-0.2, 0) is 16.1 Å². The highest BCUT2D eigenvalue weighted by molar-refractivity contribution is 7.99. The molecular weight excluding hydrogens is 348 g/mol. The van der Waals surface area contributed by atoms with Crippen LogP contribution in [0.2, 0.25) is 0 Å². The Hall–Kier alpha value is -2.82. The highest BCUT2D eigenvalue weighted by Gasteiger charge is 2.13. The molecule has 132 valence electrons. The number of anilines is 1. The molecule has 0 saturated heterocycles. The van der Waals surface area contributed by atoms with Crippen LogP contribution >= 0.6 is 11.8 Å². The fraction of sp³-hybridized carbons (Fsp3) is 0.211. The molecule has 26 heavy (non-hydrogen) atoms. The molecule has 2 aromatic carbocycles. The lowest BCUT2D eigenvalue weighted by Crippen LogP contribution is -2.15. The van der Waals surface area contributed by atoms with Gasteiger partial charge in [-0.15, -0.1) is 0 Å². The second-order valence-electron chi connectivity index (χ2n) is 5.55. The van der Waals surface area contributed by atoms with Crippen molar-refractivity contribution in [3.8, 4) is 6.07 Å². The van der Waals surface area contributed by atoms with Gasteiger partial charge in [-0.25, -0.2) is 4.98 Å². The van der Waals surface area contributed by atoms with Crippen LogP contribution < -0.4 is 5.32 Å². The smallest absolute Gasteiger partial charge is 0.234 e. The Balaban J connectivity index is 1.68. The van der Waals surface area contributed by atoms with E-state index in [-0.39, 0.29) is 11.7 Å². The molecule has 3 rings (SSSR count). The maximum Gasteiger partial charge on any atom is 0.234 e. The van der Waals surface area contributed by atoms with E-state index in [1.54, 1.807) is 31.4 Å². The van der Waals surface area contributed by atoms with Crippen LogP contribution in [-0.4, -0.2) is 34.9 Å². The summed E-state index contributed by atoms with van der Waals surface area (Å²) in [5.74, 6) is 0.126. The van der Waals surface area contributed by atoms with Crippen molar-refractivity contribution in [1.29, 1.82) is 5.26 Å². The molecule has 0 bridgehead atoms. The number of benzene rings is 2. The molecule has 1 aromatic heterocycles. The van der Waals surface area contributed by atoms with Gasteiger partial charge >= 0.3 is 0 Å². The van der Waals surface area contributed by atoms with Crippen molar-refractivity contribution in [1.82, 2.24) is 9.55 Å². The van der Waals surface area contributed by atoms with E-state index in [4.69, 9.17) is 10.00 Å². The van der Waals surface area contributed by atoms with Crippen LogP contribution in [0.25, 0.3) is 11.0 Å². The Morgan fingerprint density at radius 3 is 2.77 bits per heavy atom. The van der Waals surface area contributed by atoms with Gasteiger partial charge in [0.1, 0.15) is 0 Å². The summed E-state index contributed by atoms with van der Waals surface area (Å²) < 4.78 is 7.25. The number of nitriles is 1. The number of para-hydroxylation sites is 2. The van der Waals surface area contributed by atoms with E-state index in [1.165, 1.54) is 11.8 Å². The van der Waals surface area contributed by atoms with Gasteiger partial charge in [0.15, 0.2) is 5.16 Å². The summed E-state index contributed by atoms with van der Waals surface area (Å²) in [6, 6.07) is 16.7. The third kappa shape index (κ3) is 4.23. The number of nitrogens with zero attached hydrogens (tertiary/aromatic N) is 3. The van der Waals surface area contributed by atoms with Gasteiger partial charge < -0.3 is 14.6 Å². The fourth-order valence-electron chi connectivity index (χ4n) is 2.52. The lowest BCUT2D eigenvalue weighted by Gasteiger charge is -2.08. The number of nitrogens with one attached hydrogen (secondary N) is 1. The predicted octanol–water partition coefficient (Wildman–Crippen LogP) is 3.29. The summed E-state index contributed by atoms with van der Waals surface area (Å²) in [6.07, 6.45) is 0. The summed E-state index contributed by atoms with van der Waals surface area (Å²) in [7, 11) is 1.66. The number of fused-ring (bicyclic) bond motifs is 1. The van der Waals surface area contributed by atoms with E-state index in [1.807, 2.05) is 24.3 Å². The zero-order valence-electron chi connectivity index (χ0n) is 14.3. The molecule has 1 amide bonds. The molecule has 0 unspecified atom stereocenters. The highest BCUT2D eigenvalue weighted by atomic mass is 32.2. The number of imidazole rings is 1. The summed E-state index contributed by atoms with van der Waals surface area (Å²) >= 11 is 1.39. The fourth-order valence-corrected chi connectivity index (χ4v) is 3.36. The average molecular weight is 366 g/mol. The van der Waals surface area contributed by atoms with Crippen molar-refractivity contribution in [2.45, 2.75) is 11.7 Å². The standard InChI is InChI=1S/C19H18N4O2S/c1-25-11-10-23-17-5-3-2-4-16(17)22-19(23)26-13-18(24)21-15-8-6-14(12-20)7-9-15/h2-9H,10-11,13H2,1H3,(H,21,24). The minimum Gasteiger partial charge on any atom is -0.383 e. The molecule has 0 aliphatic heterocycles. The molecule has 0 aliphatic rings. The molecule has 0 atom stereocenters. The minimum absolute atomic E-state index is 0.120. The number of aromatic nitrogens is 2. The second-order valence-corrected chi connectivity index (χ2v) is 6.50. The van der Waals surface area contributed by atoms with Gasteiger partial charge in [0, 0.05) is 19.3 Å². The van der Waals surface area contributed by atoms with Crippen molar-refractivity contribution in [2.24, 2.45) is 0 Å². The van der Waals surface area contributed by atoms with Gasteiger partial charge in [0.2, 0.25) is 5.91 Å². The van der Waals surface area contributed by atoms with Crippen LogP contribution in [0, 0.1) is 11.3 Å². The zero-order valence-corrected chi connectivity index (χ0v) is 15.1. The number of hydrogen-bond acceptors (Lipinski definition) is 5. The van der Waals surface area contributed by atoms with E-state index in [0.29, 0.717) is 24.4 Å². The monoisotopic (exact) mass is 366 g/mol. The number of hydrogen-bond donors (Lipinski definition) is 1. The Morgan fingerprint density at radius 2 is 2.04 bits per heavy atom. The van der Waals surface area contributed by atoms with E-state index in [9.17, 15) is 4.79 Å². The van der Waals surface area contributed by atoms with Gasteiger partial charge in [-0.3, -0.25) is 4.79 Å². The largest absolute Gasteiger partial charge is 0.383 e. The second kappa shape index (κ2) is 8.52. The van der Waals surface area contributed by atoms with Crippen LogP contribution in [0.15, 0.2) is 53.7 Å². The summed E-state index contributed by atoms with van der Waals surface area (Å²) in [6.45, 7) is 1.25. The molecule has 0 saturated carbocycles. The van der Waals surface area contributed by atoms with Crippen LogP contribution in [0.3, 0.4) is 0 Å². The first-order valence-electron chi connectivity index (χ1n) is 8.08. The highest BCUT2D eigenvalue weighted by Crippen LogP contribution is 2.24. The first-order valence-corrected chi connectivity index (χ1v) is 9.07. The van der Waals surface area contributed by atoms with Crippen molar-refractivity contribution in [3.63, 3.8) is 0 Å². The van der Waals surface area contributed by atoms with Gasteiger partial charge in [0.05, 0.1) is 35.0 Å². The lowest BCUT2D eigenvalue weighted by molar-refractivity contribution is -0.113. The van der Waals surface area contributed by atoms with E-state index < -0.39 is 0 Å². The van der Waals surface area contributed by atoms with Gasteiger partial charge in [0.25, 0.3) is 0 Å². The molecular formula is C19H18N4O2S. The van der Waals surface area contributed by atoms with E-state index >= 15 is 0 Å². The average Bonchev–Trinajstić information content (AvgIpc) is 3.03. The van der Waals surface area contributed by atoms with E-state index in [0.717, 1.165) is 16.2 Å². The molecule has 0 radical (unpaired) electrons. The predicted molar refractivity (Wildman–Crippen MR) is 102 cm³/mol. The molecule has 1 heterocycles. The Kier molecular flexibility index (Phi) is 5.89. The van der Waals surface area contributed by atoms with Crippen LogP contribution in [0.4, 0.5) is 5.69 Å². The molecule has 0 spiro atoms. The maximum absolute atomic E-state index is 12.2. The minimum atomic E-state index is -0.120. The molecule has 0 fully saturated rings. The number of carbonyl (C=O) groups excluding carboxylic acids is 1. The number of thioether (sulfide) groups is 1. The SMILES string of the molecule is COCCn1c(SCC(=O)Nc2ccc(C#N)cc2)nc2ccccc21. The molecule has 6 nitrogen and oxygen atoms in total. The van der Waals surface area contributed by atoms with Crippen molar-refractivity contribution in [3.05, 3.63) is 54.1 Å². The number of amides is 1. The van der Waals surface area contributed by atoms with Crippen LogP contribution in [0.5, 0.6) is 0 Å². The van der Waals surface area contributed by atoms with Crippen molar-refractivity contribution >= 4 is 34.4 Å². The Bertz CT molecular complexity index is 944. The quantitative estimate of drug-likeness (QED) is 0.649. The lowest BCUT2D eigenvalue weighted by atomic mass is 10.2. The Labute approximate surface area is 155 Å². The first kappa shape index (κ1) is 18.0. The molecule has 3 aromatic rings. The van der Waals surface area contributed by atoms with Crippen molar-refractivity contribution < 1.29 is 9.53 Å². The number of rotatable bonds is 7. The number of ether oxygens (including phenoxy) is 1. The number of carbonyl (C=O) groups is 1. The topological polar surface area (TPSA) is 79.9 Å². The first-order chi connectivity index (χ1) is 12.7. The van der Waals surface area contributed by atoms with E-state index in [2.05, 4.69) is 20.9 Å². The number of methoxy groups -OCH3 is 1. The van der Waals surface area contributed by atoms with Crippen LogP contribution in [0.1, 0.15) is 5.56 Å². The summed E-state index contributed by atoms with van der Waals surface area (Å²) in [5.41, 5.74) is 3.16. The van der Waals surface area contributed by atoms with Gasteiger partial charge in [-0.1, -0.05) is 23.9 Å². The Morgan fingerprint density at radius 1 is 1.27 bits per heavy atom. The molecule has 7 heteroatoms. The maximum atomic E-state index is 12.2. The summed E-state index contributed by atoms with van der Waals surface area (Å²) in [4.78, 5) is 16.8.